The zero-order chi connectivity index (χ0) is 14.9. The van der Waals surface area contributed by atoms with Gasteiger partial charge in [0, 0.05) is 22.6 Å². The van der Waals surface area contributed by atoms with Gasteiger partial charge in [0.2, 0.25) is 0 Å². The summed E-state index contributed by atoms with van der Waals surface area (Å²) in [4.78, 5) is 4.03. The van der Waals surface area contributed by atoms with Crippen LogP contribution < -0.4 is 10.5 Å². The van der Waals surface area contributed by atoms with E-state index in [0.717, 1.165) is 0 Å². The highest BCUT2D eigenvalue weighted by molar-refractivity contribution is 7.92. The Balaban J connectivity index is 2.41. The summed E-state index contributed by atoms with van der Waals surface area (Å²) in [6.45, 7) is 3.51. The average molecular weight is 312 g/mol. The predicted molar refractivity (Wildman–Crippen MR) is 80.4 cm³/mol. The molecule has 2 aromatic rings. The van der Waals surface area contributed by atoms with Crippen molar-refractivity contribution in [2.75, 3.05) is 10.5 Å². The minimum atomic E-state index is -3.73. The summed E-state index contributed by atoms with van der Waals surface area (Å²) in [5.41, 5.74) is 7.90. The van der Waals surface area contributed by atoms with Crippen LogP contribution in [0.3, 0.4) is 0 Å². The van der Waals surface area contributed by atoms with Crippen LogP contribution in [0.1, 0.15) is 11.3 Å². The molecule has 0 saturated heterocycles. The standard InChI is InChI=1S/C13H14ClN3O2S/c1-8-5-10(3-4-16-8)17-20(18,19)11-6-12(14)9(2)13(15)7-11/h3-7H,15H2,1-2H3,(H,16,17). The first-order valence-corrected chi connectivity index (χ1v) is 7.67. The van der Waals surface area contributed by atoms with Crippen LogP contribution in [-0.4, -0.2) is 13.4 Å². The van der Waals surface area contributed by atoms with Gasteiger partial charge in [-0.05, 0) is 43.7 Å². The first kappa shape index (κ1) is 14.6. The summed E-state index contributed by atoms with van der Waals surface area (Å²) in [6, 6.07) is 5.97. The van der Waals surface area contributed by atoms with E-state index in [1.54, 1.807) is 26.0 Å². The number of benzene rings is 1. The maximum Gasteiger partial charge on any atom is 0.262 e. The van der Waals surface area contributed by atoms with Crippen LogP contribution in [-0.2, 0) is 10.0 Å². The number of nitrogen functional groups attached to an aromatic ring is 1. The second-order valence-electron chi connectivity index (χ2n) is 4.41. The van der Waals surface area contributed by atoms with E-state index in [1.807, 2.05) is 0 Å². The number of nitrogens with one attached hydrogen (secondary N) is 1. The largest absolute Gasteiger partial charge is 0.398 e. The molecule has 20 heavy (non-hydrogen) atoms. The Bertz CT molecular complexity index is 737. The summed E-state index contributed by atoms with van der Waals surface area (Å²) in [6.07, 6.45) is 1.53. The summed E-state index contributed by atoms with van der Waals surface area (Å²) < 4.78 is 27.0. The van der Waals surface area contributed by atoms with Crippen LogP contribution in [0.5, 0.6) is 0 Å². The Morgan fingerprint density at radius 2 is 1.95 bits per heavy atom. The highest BCUT2D eigenvalue weighted by atomic mass is 35.5. The van der Waals surface area contributed by atoms with Gasteiger partial charge in [-0.2, -0.15) is 0 Å². The average Bonchev–Trinajstić information content (AvgIpc) is 2.34. The van der Waals surface area contributed by atoms with Crippen LogP contribution in [0.15, 0.2) is 35.4 Å². The van der Waals surface area contributed by atoms with E-state index in [4.69, 9.17) is 17.3 Å². The van der Waals surface area contributed by atoms with Crippen LogP contribution in [0, 0.1) is 13.8 Å². The van der Waals surface area contributed by atoms with Gasteiger partial charge in [-0.3, -0.25) is 9.71 Å². The van der Waals surface area contributed by atoms with Crippen molar-refractivity contribution in [3.63, 3.8) is 0 Å². The fourth-order valence-corrected chi connectivity index (χ4v) is 3.05. The summed E-state index contributed by atoms with van der Waals surface area (Å²) in [5, 5.41) is 0.316. The van der Waals surface area contributed by atoms with Crippen molar-refractivity contribution in [1.82, 2.24) is 4.98 Å². The number of aromatic nitrogens is 1. The lowest BCUT2D eigenvalue weighted by Crippen LogP contribution is -2.13. The smallest absolute Gasteiger partial charge is 0.262 e. The van der Waals surface area contributed by atoms with Crippen LogP contribution in [0.25, 0.3) is 0 Å². The number of halogens is 1. The molecule has 5 nitrogen and oxygen atoms in total. The van der Waals surface area contributed by atoms with Gasteiger partial charge in [0.25, 0.3) is 10.0 Å². The molecule has 0 aliphatic heterocycles. The van der Waals surface area contributed by atoms with E-state index in [2.05, 4.69) is 9.71 Å². The van der Waals surface area contributed by atoms with Crippen molar-refractivity contribution < 1.29 is 8.42 Å². The molecule has 0 atom stereocenters. The van der Waals surface area contributed by atoms with Gasteiger partial charge in [0.05, 0.1) is 10.6 Å². The zero-order valence-corrected chi connectivity index (χ0v) is 12.6. The van der Waals surface area contributed by atoms with Crippen molar-refractivity contribution >= 4 is 33.0 Å². The number of aryl methyl sites for hydroxylation is 1. The number of anilines is 2. The molecule has 0 saturated carbocycles. The second kappa shape index (κ2) is 5.30. The molecule has 0 spiro atoms. The van der Waals surface area contributed by atoms with Gasteiger partial charge in [-0.1, -0.05) is 11.6 Å². The molecule has 0 aliphatic rings. The van der Waals surface area contributed by atoms with Gasteiger partial charge < -0.3 is 5.73 Å². The Morgan fingerprint density at radius 3 is 2.55 bits per heavy atom. The SMILES string of the molecule is Cc1cc(NS(=O)(=O)c2cc(N)c(C)c(Cl)c2)ccn1. The lowest BCUT2D eigenvalue weighted by atomic mass is 10.2. The van der Waals surface area contributed by atoms with Gasteiger partial charge in [0.15, 0.2) is 0 Å². The number of sulfonamides is 1. The van der Waals surface area contributed by atoms with Crippen molar-refractivity contribution in [2.24, 2.45) is 0 Å². The van der Waals surface area contributed by atoms with E-state index < -0.39 is 10.0 Å². The molecule has 0 bridgehead atoms. The lowest BCUT2D eigenvalue weighted by Gasteiger charge is -2.11. The molecule has 2 rings (SSSR count). The van der Waals surface area contributed by atoms with Crippen molar-refractivity contribution in [2.45, 2.75) is 18.7 Å². The molecule has 7 heteroatoms. The molecule has 0 radical (unpaired) electrons. The summed E-state index contributed by atoms with van der Waals surface area (Å²) in [5.74, 6) is 0. The number of hydrogen-bond acceptors (Lipinski definition) is 4. The van der Waals surface area contributed by atoms with E-state index in [1.165, 1.54) is 18.3 Å². The van der Waals surface area contributed by atoms with Gasteiger partial charge in [0.1, 0.15) is 0 Å². The molecular weight excluding hydrogens is 298 g/mol. The third-order valence-electron chi connectivity index (χ3n) is 2.82. The number of nitrogens with two attached hydrogens (primary N) is 1. The van der Waals surface area contributed by atoms with E-state index in [-0.39, 0.29) is 4.90 Å². The Hall–Kier alpha value is -1.79. The maximum absolute atomic E-state index is 12.3. The molecule has 0 unspecified atom stereocenters. The normalized spacial score (nSPS) is 11.3. The number of pyridine rings is 1. The molecule has 1 aromatic carbocycles. The third kappa shape index (κ3) is 3.02. The molecule has 0 aliphatic carbocycles. The number of rotatable bonds is 3. The van der Waals surface area contributed by atoms with E-state index in [0.29, 0.717) is 27.7 Å². The maximum atomic E-state index is 12.3. The van der Waals surface area contributed by atoms with E-state index >= 15 is 0 Å². The Kier molecular flexibility index (Phi) is 3.87. The Morgan fingerprint density at radius 1 is 1.25 bits per heavy atom. The fourth-order valence-electron chi connectivity index (χ4n) is 1.65. The molecular formula is C13H14ClN3O2S. The number of hydrogen-bond donors (Lipinski definition) is 2. The van der Waals surface area contributed by atoms with Crippen molar-refractivity contribution in [1.29, 1.82) is 0 Å². The molecule has 1 heterocycles. The van der Waals surface area contributed by atoms with Crippen LogP contribution in [0.4, 0.5) is 11.4 Å². The van der Waals surface area contributed by atoms with Gasteiger partial charge >= 0.3 is 0 Å². The number of nitrogens with zero attached hydrogens (tertiary/aromatic N) is 1. The minimum Gasteiger partial charge on any atom is -0.398 e. The quantitative estimate of drug-likeness (QED) is 0.853. The first-order chi connectivity index (χ1) is 9.29. The van der Waals surface area contributed by atoms with E-state index in [9.17, 15) is 8.42 Å². The Labute approximate surface area is 122 Å². The molecule has 1 aromatic heterocycles. The van der Waals surface area contributed by atoms with Crippen LogP contribution in [0.2, 0.25) is 5.02 Å². The minimum absolute atomic E-state index is 0.0278. The molecule has 0 amide bonds. The monoisotopic (exact) mass is 311 g/mol. The topological polar surface area (TPSA) is 85.1 Å². The van der Waals surface area contributed by atoms with Crippen LogP contribution >= 0.6 is 11.6 Å². The third-order valence-corrected chi connectivity index (χ3v) is 4.57. The lowest BCUT2D eigenvalue weighted by molar-refractivity contribution is 0.601. The van der Waals surface area contributed by atoms with Crippen molar-refractivity contribution in [3.05, 3.63) is 46.7 Å². The van der Waals surface area contributed by atoms with Gasteiger partial charge in [-0.25, -0.2) is 8.42 Å². The molecule has 0 fully saturated rings. The second-order valence-corrected chi connectivity index (χ2v) is 6.50. The van der Waals surface area contributed by atoms with Crippen molar-refractivity contribution in [3.8, 4) is 0 Å². The fraction of sp³-hybridized carbons (Fsp3) is 0.154. The summed E-state index contributed by atoms with van der Waals surface area (Å²) in [7, 11) is -3.73. The zero-order valence-electron chi connectivity index (χ0n) is 11.0. The molecule has 3 N–H and O–H groups in total. The molecule has 106 valence electrons. The highest BCUT2D eigenvalue weighted by Gasteiger charge is 2.17. The first-order valence-electron chi connectivity index (χ1n) is 5.81. The predicted octanol–water partition coefficient (Wildman–Crippen LogP) is 2.73. The van der Waals surface area contributed by atoms with Gasteiger partial charge in [-0.15, -0.1) is 0 Å². The highest BCUT2D eigenvalue weighted by Crippen LogP contribution is 2.27. The summed E-state index contributed by atoms with van der Waals surface area (Å²) >= 11 is 5.97.